The van der Waals surface area contributed by atoms with E-state index in [-0.39, 0.29) is 0 Å². The summed E-state index contributed by atoms with van der Waals surface area (Å²) in [5.74, 6) is 0.304. The zero-order valence-electron chi connectivity index (χ0n) is 10.4. The molecule has 0 saturated heterocycles. The molecule has 1 heterocycles. The van der Waals surface area contributed by atoms with E-state index in [1.54, 1.807) is 12.3 Å². The Balaban J connectivity index is 3.25. The topological polar surface area (TPSA) is 39.2 Å². The minimum atomic E-state index is 0.304. The van der Waals surface area contributed by atoms with Gasteiger partial charge in [-0.2, -0.15) is 0 Å². The van der Waals surface area contributed by atoms with Gasteiger partial charge in [0.15, 0.2) is 12.0 Å². The highest BCUT2D eigenvalue weighted by Crippen LogP contribution is 2.21. The molecule has 17 heavy (non-hydrogen) atoms. The molecule has 3 nitrogen and oxygen atoms in total. The van der Waals surface area contributed by atoms with E-state index in [0.29, 0.717) is 12.0 Å². The highest BCUT2D eigenvalue weighted by molar-refractivity contribution is 5.82. The van der Waals surface area contributed by atoms with Crippen LogP contribution in [0.15, 0.2) is 41.8 Å². The normalized spacial score (nSPS) is 13.0. The van der Waals surface area contributed by atoms with Gasteiger partial charge in [-0.05, 0) is 31.6 Å². The van der Waals surface area contributed by atoms with Gasteiger partial charge in [-0.3, -0.25) is 9.78 Å². The van der Waals surface area contributed by atoms with E-state index in [2.05, 4.69) is 11.9 Å². The number of allylic oxidation sites excluding steroid dienone is 4. The number of methoxy groups -OCH3 is 1. The quantitative estimate of drug-likeness (QED) is 0.338. The van der Waals surface area contributed by atoms with Crippen molar-refractivity contribution in [2.45, 2.75) is 20.3 Å². The van der Waals surface area contributed by atoms with Gasteiger partial charge in [0.2, 0.25) is 0 Å². The van der Waals surface area contributed by atoms with Gasteiger partial charge in [0.25, 0.3) is 0 Å². The van der Waals surface area contributed by atoms with Crippen LogP contribution in [-0.2, 0) is 9.53 Å². The van der Waals surface area contributed by atoms with Crippen molar-refractivity contribution in [2.24, 2.45) is 0 Å². The number of carbonyl (C=O) groups excluding carboxylic acids is 1. The fraction of sp³-hybridized carbons (Fsp3) is 0.286. The summed E-state index contributed by atoms with van der Waals surface area (Å²) in [5, 5.41) is 0. The monoisotopic (exact) mass is 231 g/mol. The van der Waals surface area contributed by atoms with Gasteiger partial charge in [0.05, 0.1) is 12.8 Å². The fourth-order valence-electron chi connectivity index (χ4n) is 1.41. The van der Waals surface area contributed by atoms with E-state index in [0.717, 1.165) is 17.7 Å². The first-order valence-electron chi connectivity index (χ1n) is 5.55. The molecule has 0 bridgehead atoms. The van der Waals surface area contributed by atoms with Gasteiger partial charge in [0.1, 0.15) is 0 Å². The number of hydrogen-bond donors (Lipinski definition) is 0. The highest BCUT2D eigenvalue weighted by atomic mass is 16.5. The first kappa shape index (κ1) is 13.2. The van der Waals surface area contributed by atoms with Gasteiger partial charge < -0.3 is 4.74 Å². The molecule has 90 valence electrons. The second kappa shape index (κ2) is 6.63. The summed E-state index contributed by atoms with van der Waals surface area (Å²) in [6, 6.07) is 5.71. The van der Waals surface area contributed by atoms with E-state index in [4.69, 9.17) is 4.74 Å². The molecule has 1 aromatic rings. The van der Waals surface area contributed by atoms with Crippen LogP contribution < -0.4 is 0 Å². The maximum absolute atomic E-state index is 10.8. The molecule has 0 amide bonds. The number of ether oxygens (including phenoxy) is 1. The summed E-state index contributed by atoms with van der Waals surface area (Å²) < 4.78 is 4.98. The van der Waals surface area contributed by atoms with Gasteiger partial charge >= 0.3 is 0 Å². The zero-order chi connectivity index (χ0) is 12.7. The summed E-state index contributed by atoms with van der Waals surface area (Å²) in [7, 11) is 1.48. The summed E-state index contributed by atoms with van der Waals surface area (Å²) in [5.41, 5.74) is 2.96. The van der Waals surface area contributed by atoms with Crippen molar-refractivity contribution in [2.75, 3.05) is 7.11 Å². The van der Waals surface area contributed by atoms with Crippen molar-refractivity contribution in [1.82, 2.24) is 4.98 Å². The number of hydrogen-bond acceptors (Lipinski definition) is 3. The Morgan fingerprint density at radius 3 is 2.71 bits per heavy atom. The molecule has 0 spiro atoms. The molecule has 0 radical (unpaired) electrons. The molecule has 1 rings (SSSR count). The van der Waals surface area contributed by atoms with E-state index in [1.165, 1.54) is 12.7 Å². The number of nitrogens with zero attached hydrogens (tertiary/aromatic N) is 1. The smallest absolute Gasteiger partial charge is 0.184 e. The average molecular weight is 231 g/mol. The fourth-order valence-corrected chi connectivity index (χ4v) is 1.41. The number of aldehydes is 1. The van der Waals surface area contributed by atoms with Crippen LogP contribution in [0.2, 0.25) is 0 Å². The first-order chi connectivity index (χ1) is 8.22. The van der Waals surface area contributed by atoms with Crippen molar-refractivity contribution in [3.05, 3.63) is 47.5 Å². The number of carbonyl (C=O) groups is 1. The molecular weight excluding hydrogens is 214 g/mol. The maximum Gasteiger partial charge on any atom is 0.184 e. The van der Waals surface area contributed by atoms with Crippen LogP contribution in [0.1, 0.15) is 26.0 Å². The Bertz CT molecular complexity index is 433. The summed E-state index contributed by atoms with van der Waals surface area (Å²) in [4.78, 5) is 15.1. The highest BCUT2D eigenvalue weighted by Gasteiger charge is 2.05. The molecular formula is C14H17NO2. The predicted octanol–water partition coefficient (Wildman–Crippen LogP) is 2.99. The van der Waals surface area contributed by atoms with Crippen molar-refractivity contribution >= 4 is 11.9 Å². The summed E-state index contributed by atoms with van der Waals surface area (Å²) in [6.45, 7) is 4.10. The van der Waals surface area contributed by atoms with E-state index < -0.39 is 0 Å². The lowest BCUT2D eigenvalue weighted by atomic mass is 10.0. The molecule has 0 aromatic carbocycles. The predicted molar refractivity (Wildman–Crippen MR) is 68.3 cm³/mol. The summed E-state index contributed by atoms with van der Waals surface area (Å²) in [6.07, 6.45) is 5.07. The third-order valence-electron chi connectivity index (χ3n) is 2.57. The van der Waals surface area contributed by atoms with Crippen molar-refractivity contribution in [1.29, 1.82) is 0 Å². The van der Waals surface area contributed by atoms with E-state index in [1.807, 2.05) is 25.1 Å². The molecule has 3 heteroatoms. The molecule has 0 atom stereocenters. The van der Waals surface area contributed by atoms with E-state index >= 15 is 0 Å². The molecule has 0 aliphatic rings. The Kier molecular flexibility index (Phi) is 5.14. The van der Waals surface area contributed by atoms with Crippen molar-refractivity contribution < 1.29 is 9.53 Å². The third kappa shape index (κ3) is 3.55. The molecule has 0 N–H and O–H groups in total. The van der Waals surface area contributed by atoms with Crippen molar-refractivity contribution in [3.8, 4) is 0 Å². The average Bonchev–Trinajstić information content (AvgIpc) is 2.40. The maximum atomic E-state index is 10.8. The number of aromatic nitrogens is 1. The van der Waals surface area contributed by atoms with Gasteiger partial charge in [-0.25, -0.2) is 0 Å². The standard InChI is InChI=1S/C14H17NO2/c1-4-11(2)13(9-12(10-16)17-3)14-7-5-6-8-15-14/h5-10H,4H2,1-3H3. The van der Waals surface area contributed by atoms with E-state index in [9.17, 15) is 4.79 Å². The van der Waals surface area contributed by atoms with Crippen LogP contribution in [0.4, 0.5) is 0 Å². The lowest BCUT2D eigenvalue weighted by Crippen LogP contribution is -1.94. The lowest BCUT2D eigenvalue weighted by molar-refractivity contribution is -0.107. The largest absolute Gasteiger partial charge is 0.493 e. The third-order valence-corrected chi connectivity index (χ3v) is 2.57. The SMILES string of the molecule is CCC(C)=C(C=C(C=O)OC)c1ccccn1. The Labute approximate surface area is 102 Å². The van der Waals surface area contributed by atoms with Gasteiger partial charge in [-0.1, -0.05) is 18.6 Å². The van der Waals surface area contributed by atoms with Crippen molar-refractivity contribution in [3.63, 3.8) is 0 Å². The lowest BCUT2D eigenvalue weighted by Gasteiger charge is -2.07. The second-order valence-electron chi connectivity index (χ2n) is 3.63. The van der Waals surface area contributed by atoms with Crippen LogP contribution in [0.5, 0.6) is 0 Å². The van der Waals surface area contributed by atoms with Crippen LogP contribution in [0.3, 0.4) is 0 Å². The molecule has 0 fully saturated rings. The number of pyridine rings is 1. The Hall–Kier alpha value is -1.90. The molecule has 0 unspecified atom stereocenters. The molecule has 1 aromatic heterocycles. The molecule has 0 aliphatic carbocycles. The van der Waals surface area contributed by atoms with Gasteiger partial charge in [0, 0.05) is 11.8 Å². The summed E-state index contributed by atoms with van der Waals surface area (Å²) >= 11 is 0. The zero-order valence-corrected chi connectivity index (χ0v) is 10.4. The van der Waals surface area contributed by atoms with Crippen LogP contribution in [0, 0.1) is 0 Å². The van der Waals surface area contributed by atoms with Crippen LogP contribution in [0.25, 0.3) is 5.57 Å². The number of rotatable bonds is 5. The Morgan fingerprint density at radius 2 is 2.24 bits per heavy atom. The molecule has 0 saturated carbocycles. The second-order valence-corrected chi connectivity index (χ2v) is 3.63. The Morgan fingerprint density at radius 1 is 1.47 bits per heavy atom. The van der Waals surface area contributed by atoms with Gasteiger partial charge in [-0.15, -0.1) is 0 Å². The minimum Gasteiger partial charge on any atom is -0.493 e. The van der Waals surface area contributed by atoms with Crippen LogP contribution >= 0.6 is 0 Å². The van der Waals surface area contributed by atoms with Crippen LogP contribution in [-0.4, -0.2) is 18.4 Å². The molecule has 0 aliphatic heterocycles. The first-order valence-corrected chi connectivity index (χ1v) is 5.55. The minimum absolute atomic E-state index is 0.304.